The quantitative estimate of drug-likeness (QED) is 0.175. The van der Waals surface area contributed by atoms with Gasteiger partial charge in [0.1, 0.15) is 0 Å². The van der Waals surface area contributed by atoms with Crippen molar-refractivity contribution in [3.05, 3.63) is 217 Å². The van der Waals surface area contributed by atoms with E-state index in [0.29, 0.717) is 12.4 Å². The van der Waals surface area contributed by atoms with Crippen molar-refractivity contribution in [3.63, 3.8) is 0 Å². The van der Waals surface area contributed by atoms with Crippen LogP contribution in [0.4, 0.5) is 0 Å². The van der Waals surface area contributed by atoms with Gasteiger partial charge in [-0.05, 0) is 70.8 Å². The van der Waals surface area contributed by atoms with E-state index in [-0.39, 0.29) is 11.7 Å². The van der Waals surface area contributed by atoms with Crippen LogP contribution in [-0.2, 0) is 0 Å². The summed E-state index contributed by atoms with van der Waals surface area (Å²) in [5, 5.41) is 4.24. The Balaban J connectivity index is 1.09. The Kier molecular flexibility index (Phi) is 7.75. The average Bonchev–Trinajstić information content (AvgIpc) is 3.80. The van der Waals surface area contributed by atoms with Gasteiger partial charge in [0.15, 0.2) is 5.78 Å². The highest BCUT2D eigenvalue weighted by Crippen LogP contribution is 2.47. The Morgan fingerprint density at radius 2 is 1.07 bits per heavy atom. The highest BCUT2D eigenvalue weighted by atomic mass is 16.1. The van der Waals surface area contributed by atoms with Crippen molar-refractivity contribution in [2.24, 2.45) is 0 Å². The molecule has 5 nitrogen and oxygen atoms in total. The average molecular weight is 769 g/mol. The summed E-state index contributed by atoms with van der Waals surface area (Å²) in [6.07, 6.45) is 0.389. The number of nitrogens with zero attached hydrogens (tertiary/aromatic N) is 4. The summed E-state index contributed by atoms with van der Waals surface area (Å²) in [6.45, 7) is 0. The van der Waals surface area contributed by atoms with Crippen LogP contribution in [0.25, 0.3) is 88.9 Å². The molecule has 0 amide bonds. The third kappa shape index (κ3) is 5.29. The first kappa shape index (κ1) is 34.2. The molecule has 282 valence electrons. The Morgan fingerprint density at radius 3 is 1.85 bits per heavy atom. The maximum Gasteiger partial charge on any atom is 0.235 e. The van der Waals surface area contributed by atoms with Gasteiger partial charge in [-0.25, -0.2) is 9.97 Å². The first-order chi connectivity index (χ1) is 29.7. The number of rotatable bonds is 5. The number of fused-ring (bicyclic) bond motifs is 9. The number of hydrogen-bond acceptors (Lipinski definition) is 3. The van der Waals surface area contributed by atoms with Gasteiger partial charge in [-0.3, -0.25) is 9.36 Å². The lowest BCUT2D eigenvalue weighted by atomic mass is 9.84. The van der Waals surface area contributed by atoms with Crippen molar-refractivity contribution in [3.8, 4) is 45.3 Å². The molecule has 11 aromatic rings. The molecule has 0 aliphatic heterocycles. The fourth-order valence-corrected chi connectivity index (χ4v) is 9.60. The summed E-state index contributed by atoms with van der Waals surface area (Å²) in [4.78, 5) is 25.2. The van der Waals surface area contributed by atoms with Crippen LogP contribution >= 0.6 is 0 Å². The molecule has 0 saturated carbocycles. The molecule has 5 heteroatoms. The van der Waals surface area contributed by atoms with E-state index in [4.69, 9.17) is 9.97 Å². The van der Waals surface area contributed by atoms with Gasteiger partial charge in [-0.15, -0.1) is 0 Å². The number of ketones is 1. The SMILES string of the molecule is O=C1CC(c2ccccc2)c2ccc(-c3ccc4c(c3)c3ccccc3n4-c3nc(-c4ccccc4)c4ccccc4n3)cc2-c2c1c1ccccc1n2-c1ccccc1. The number of Topliss-reactive ketones (excluding diaryl/α,β-unsaturated/α-hetero) is 1. The zero-order chi connectivity index (χ0) is 39.7. The van der Waals surface area contributed by atoms with E-state index in [1.807, 2.05) is 36.4 Å². The second-order valence-corrected chi connectivity index (χ2v) is 15.6. The van der Waals surface area contributed by atoms with E-state index in [1.165, 1.54) is 0 Å². The van der Waals surface area contributed by atoms with Gasteiger partial charge >= 0.3 is 0 Å². The number of hydrogen-bond donors (Lipinski definition) is 0. The van der Waals surface area contributed by atoms with Crippen LogP contribution in [0.1, 0.15) is 33.8 Å². The molecule has 3 heterocycles. The Morgan fingerprint density at radius 1 is 0.467 bits per heavy atom. The molecule has 0 radical (unpaired) electrons. The summed E-state index contributed by atoms with van der Waals surface area (Å²) < 4.78 is 4.49. The van der Waals surface area contributed by atoms with Crippen molar-refractivity contribution in [1.82, 2.24) is 19.1 Å². The first-order valence-corrected chi connectivity index (χ1v) is 20.5. The normalized spacial score (nSPS) is 13.8. The summed E-state index contributed by atoms with van der Waals surface area (Å²) >= 11 is 0. The number of carbonyl (C=O) groups excluding carboxylic acids is 1. The molecule has 8 aromatic carbocycles. The van der Waals surface area contributed by atoms with Crippen LogP contribution < -0.4 is 0 Å². The molecule has 1 aliphatic rings. The van der Waals surface area contributed by atoms with Crippen molar-refractivity contribution in [2.75, 3.05) is 0 Å². The number of para-hydroxylation sites is 4. The van der Waals surface area contributed by atoms with E-state index >= 15 is 0 Å². The summed E-state index contributed by atoms with van der Waals surface area (Å²) in [7, 11) is 0. The van der Waals surface area contributed by atoms with E-state index in [0.717, 1.165) is 99.6 Å². The molecular weight excluding hydrogens is 733 g/mol. The van der Waals surface area contributed by atoms with Crippen LogP contribution in [0, 0.1) is 0 Å². The number of carbonyl (C=O) groups is 1. The molecule has 12 rings (SSSR count). The van der Waals surface area contributed by atoms with Crippen molar-refractivity contribution in [1.29, 1.82) is 0 Å². The Bertz CT molecular complexity index is 3480. The molecule has 60 heavy (non-hydrogen) atoms. The molecule has 3 aromatic heterocycles. The minimum atomic E-state index is -0.0960. The standard InChI is InChI=1S/C55H36N4O/c60-51-34-44(35-16-4-1-5-17-35)40-30-28-37(33-46(40)54-52(51)43-24-12-15-27-49(43)58(54)39-20-8-3-9-21-39)38-29-31-50-45(32-38)41-22-11-14-26-48(41)59(50)55-56-47-25-13-10-23-42(47)53(57-55)36-18-6-2-7-19-36/h1-33,44H,34H2. The zero-order valence-electron chi connectivity index (χ0n) is 32.5. The molecule has 0 N–H and O–H groups in total. The van der Waals surface area contributed by atoms with Crippen molar-refractivity contribution in [2.45, 2.75) is 12.3 Å². The summed E-state index contributed by atoms with van der Waals surface area (Å²) in [5.41, 5.74) is 14.2. The predicted octanol–water partition coefficient (Wildman–Crippen LogP) is 13.4. The third-order valence-electron chi connectivity index (χ3n) is 12.3. The van der Waals surface area contributed by atoms with E-state index in [2.05, 4.69) is 173 Å². The molecule has 0 spiro atoms. The van der Waals surface area contributed by atoms with E-state index in [1.54, 1.807) is 0 Å². The van der Waals surface area contributed by atoms with Crippen LogP contribution in [0.5, 0.6) is 0 Å². The van der Waals surface area contributed by atoms with Gasteiger partial charge in [0.05, 0.1) is 39.0 Å². The van der Waals surface area contributed by atoms with Gasteiger partial charge < -0.3 is 4.57 Å². The predicted molar refractivity (Wildman–Crippen MR) is 244 cm³/mol. The lowest BCUT2D eigenvalue weighted by molar-refractivity contribution is 0.0981. The van der Waals surface area contributed by atoms with Gasteiger partial charge in [0, 0.05) is 50.7 Å². The first-order valence-electron chi connectivity index (χ1n) is 20.5. The zero-order valence-corrected chi connectivity index (χ0v) is 32.5. The fraction of sp³-hybridized carbons (Fsp3) is 0.0364. The van der Waals surface area contributed by atoms with Gasteiger partial charge in [-0.2, -0.15) is 0 Å². The fourth-order valence-electron chi connectivity index (χ4n) is 9.60. The minimum absolute atomic E-state index is 0.0960. The number of benzene rings is 8. The van der Waals surface area contributed by atoms with Gasteiger partial charge in [-0.1, -0.05) is 152 Å². The van der Waals surface area contributed by atoms with Gasteiger partial charge in [0.2, 0.25) is 5.95 Å². The smallest absolute Gasteiger partial charge is 0.235 e. The Labute approximate surface area is 346 Å². The summed E-state index contributed by atoms with van der Waals surface area (Å²) in [5.74, 6) is 0.693. The van der Waals surface area contributed by atoms with Crippen LogP contribution in [0.2, 0.25) is 0 Å². The molecule has 0 fully saturated rings. The van der Waals surface area contributed by atoms with Crippen molar-refractivity contribution >= 4 is 49.4 Å². The molecule has 1 atom stereocenters. The second kappa shape index (κ2) is 13.6. The topological polar surface area (TPSA) is 52.7 Å². The highest BCUT2D eigenvalue weighted by Gasteiger charge is 2.34. The van der Waals surface area contributed by atoms with Gasteiger partial charge in [0.25, 0.3) is 0 Å². The minimum Gasteiger partial charge on any atom is -0.308 e. The largest absolute Gasteiger partial charge is 0.308 e. The number of aromatic nitrogens is 4. The molecule has 0 saturated heterocycles. The lowest BCUT2D eigenvalue weighted by Gasteiger charge is -2.20. The molecule has 0 bridgehead atoms. The Hall–Kier alpha value is -7.89. The molecule has 1 unspecified atom stereocenters. The monoisotopic (exact) mass is 768 g/mol. The van der Waals surface area contributed by atoms with Crippen molar-refractivity contribution < 1.29 is 4.79 Å². The second-order valence-electron chi connectivity index (χ2n) is 15.6. The van der Waals surface area contributed by atoms with E-state index in [9.17, 15) is 4.79 Å². The highest BCUT2D eigenvalue weighted by molar-refractivity contribution is 6.16. The summed E-state index contributed by atoms with van der Waals surface area (Å²) in [6, 6.07) is 69.9. The lowest BCUT2D eigenvalue weighted by Crippen LogP contribution is -2.07. The molecule has 1 aliphatic carbocycles. The van der Waals surface area contributed by atoms with Crippen LogP contribution in [0.3, 0.4) is 0 Å². The van der Waals surface area contributed by atoms with Crippen LogP contribution in [-0.4, -0.2) is 24.9 Å². The molecular formula is C55H36N4O. The maximum absolute atomic E-state index is 14.7. The van der Waals surface area contributed by atoms with E-state index < -0.39 is 0 Å². The maximum atomic E-state index is 14.7. The van der Waals surface area contributed by atoms with Crippen LogP contribution in [0.15, 0.2) is 200 Å². The third-order valence-corrected chi connectivity index (χ3v) is 12.3.